The Kier molecular flexibility index (Phi) is 10.0. The lowest BCUT2D eigenvalue weighted by Crippen LogP contribution is -2.49. The Morgan fingerprint density at radius 1 is 1.42 bits per heavy atom. The molecule has 1 fully saturated rings. The third kappa shape index (κ3) is 8.30. The molecular weight excluding hydrogens is 280 g/mol. The van der Waals surface area contributed by atoms with Crippen LogP contribution in [0.4, 0.5) is 8.78 Å². The molecule has 1 rings (SSSR count). The Balaban J connectivity index is 0.00000324. The number of nitrogens with zero attached hydrogens (tertiary/aromatic N) is 2. The zero-order valence-corrected chi connectivity index (χ0v) is 11.9. The van der Waals surface area contributed by atoms with E-state index in [2.05, 4.69) is 5.32 Å². The third-order valence-corrected chi connectivity index (χ3v) is 2.74. The van der Waals surface area contributed by atoms with Gasteiger partial charge in [-0.25, -0.2) is 8.78 Å². The lowest BCUT2D eigenvalue weighted by molar-refractivity contribution is -0.132. The summed E-state index contributed by atoms with van der Waals surface area (Å²) in [7, 11) is 1.78. The van der Waals surface area contributed by atoms with Crippen molar-refractivity contribution < 1.29 is 18.3 Å². The Hall–Kier alpha value is -0.500. The molecule has 1 aliphatic rings. The van der Waals surface area contributed by atoms with Crippen molar-refractivity contribution in [2.45, 2.75) is 6.43 Å². The molecule has 0 aromatic rings. The molecule has 0 aromatic carbocycles. The van der Waals surface area contributed by atoms with Gasteiger partial charge >= 0.3 is 0 Å². The van der Waals surface area contributed by atoms with E-state index >= 15 is 0 Å². The van der Waals surface area contributed by atoms with Gasteiger partial charge in [0, 0.05) is 32.7 Å². The van der Waals surface area contributed by atoms with Gasteiger partial charge in [-0.1, -0.05) is 0 Å². The second kappa shape index (κ2) is 10.3. The summed E-state index contributed by atoms with van der Waals surface area (Å²) in [6, 6.07) is 0. The van der Waals surface area contributed by atoms with E-state index in [0.717, 1.165) is 26.2 Å². The minimum atomic E-state index is -2.43. The number of hydrogen-bond donors (Lipinski definition) is 1. The molecule has 19 heavy (non-hydrogen) atoms. The monoisotopic (exact) mass is 301 g/mol. The summed E-state index contributed by atoms with van der Waals surface area (Å²) >= 11 is 0. The Bertz CT molecular complexity index is 254. The predicted molar refractivity (Wildman–Crippen MR) is 71.0 cm³/mol. The standard InChI is InChI=1S/C11H21F2N3O2.ClH/c1-15(6-7-18-9-10(12)13)8-11(17)16-4-2-14-3-5-16;/h10,14H,2-9H2,1H3;1H. The van der Waals surface area contributed by atoms with E-state index in [9.17, 15) is 13.6 Å². The number of nitrogens with one attached hydrogen (secondary N) is 1. The van der Waals surface area contributed by atoms with Crippen LogP contribution in [0.5, 0.6) is 0 Å². The summed E-state index contributed by atoms with van der Waals surface area (Å²) in [4.78, 5) is 15.4. The normalized spacial score (nSPS) is 15.7. The molecule has 0 unspecified atom stereocenters. The topological polar surface area (TPSA) is 44.8 Å². The van der Waals surface area contributed by atoms with Gasteiger partial charge in [0.1, 0.15) is 6.61 Å². The van der Waals surface area contributed by atoms with Gasteiger partial charge in [0.25, 0.3) is 6.43 Å². The van der Waals surface area contributed by atoms with E-state index in [1.807, 2.05) is 4.90 Å². The first-order valence-corrected chi connectivity index (χ1v) is 6.12. The fraction of sp³-hybridized carbons (Fsp3) is 0.909. The van der Waals surface area contributed by atoms with Crippen LogP contribution in [0.25, 0.3) is 0 Å². The molecule has 1 saturated heterocycles. The smallest absolute Gasteiger partial charge is 0.261 e. The number of ether oxygens (including phenoxy) is 1. The van der Waals surface area contributed by atoms with Crippen LogP contribution in [0.1, 0.15) is 0 Å². The van der Waals surface area contributed by atoms with Crippen molar-refractivity contribution in [1.82, 2.24) is 15.1 Å². The molecule has 1 aliphatic heterocycles. The second-order valence-corrected chi connectivity index (χ2v) is 4.33. The largest absolute Gasteiger partial charge is 0.374 e. The van der Waals surface area contributed by atoms with Crippen LogP contribution in [0.15, 0.2) is 0 Å². The molecular formula is C11H22ClF2N3O2. The number of halogens is 3. The fourth-order valence-corrected chi connectivity index (χ4v) is 1.72. The molecule has 8 heteroatoms. The molecule has 1 amide bonds. The highest BCUT2D eigenvalue weighted by atomic mass is 35.5. The highest BCUT2D eigenvalue weighted by molar-refractivity contribution is 5.85. The van der Waals surface area contributed by atoms with Gasteiger partial charge in [-0.2, -0.15) is 0 Å². The lowest BCUT2D eigenvalue weighted by atomic mass is 10.3. The predicted octanol–water partition coefficient (Wildman–Crippen LogP) is 0.0535. The average Bonchev–Trinajstić information content (AvgIpc) is 2.35. The van der Waals surface area contributed by atoms with Crippen molar-refractivity contribution in [3.05, 3.63) is 0 Å². The average molecular weight is 302 g/mol. The van der Waals surface area contributed by atoms with Crippen LogP contribution < -0.4 is 5.32 Å². The molecule has 0 spiro atoms. The Labute approximate surface area is 118 Å². The molecule has 0 atom stereocenters. The quantitative estimate of drug-likeness (QED) is 0.675. The van der Waals surface area contributed by atoms with Crippen LogP contribution in [0.3, 0.4) is 0 Å². The minimum absolute atomic E-state index is 0. The molecule has 1 heterocycles. The number of alkyl halides is 2. The summed E-state index contributed by atoms with van der Waals surface area (Å²) < 4.78 is 28.4. The highest BCUT2D eigenvalue weighted by Gasteiger charge is 2.17. The Morgan fingerprint density at radius 2 is 2.05 bits per heavy atom. The van der Waals surface area contributed by atoms with Crippen molar-refractivity contribution in [3.8, 4) is 0 Å². The van der Waals surface area contributed by atoms with Crippen molar-refractivity contribution >= 4 is 18.3 Å². The number of amides is 1. The number of rotatable bonds is 7. The highest BCUT2D eigenvalue weighted by Crippen LogP contribution is 1.96. The summed E-state index contributed by atoms with van der Waals surface area (Å²) in [5.74, 6) is 0.0767. The Morgan fingerprint density at radius 3 is 2.63 bits per heavy atom. The molecule has 1 N–H and O–H groups in total. The van der Waals surface area contributed by atoms with Crippen molar-refractivity contribution in [3.63, 3.8) is 0 Å². The van der Waals surface area contributed by atoms with E-state index in [-0.39, 0.29) is 24.9 Å². The van der Waals surface area contributed by atoms with Crippen LogP contribution >= 0.6 is 12.4 Å². The van der Waals surface area contributed by atoms with Gasteiger partial charge in [0.2, 0.25) is 5.91 Å². The maximum atomic E-state index is 11.8. The molecule has 114 valence electrons. The number of piperazine rings is 1. The maximum absolute atomic E-state index is 11.8. The van der Waals surface area contributed by atoms with Crippen LogP contribution in [0, 0.1) is 0 Å². The van der Waals surface area contributed by atoms with Crippen molar-refractivity contribution in [2.24, 2.45) is 0 Å². The van der Waals surface area contributed by atoms with Crippen molar-refractivity contribution in [2.75, 3.05) is 59.5 Å². The lowest BCUT2D eigenvalue weighted by Gasteiger charge is -2.29. The van der Waals surface area contributed by atoms with Gasteiger partial charge in [0.15, 0.2) is 0 Å². The van der Waals surface area contributed by atoms with E-state index < -0.39 is 13.0 Å². The number of carbonyl (C=O) groups is 1. The van der Waals surface area contributed by atoms with Crippen LogP contribution in [-0.4, -0.2) is 81.7 Å². The zero-order chi connectivity index (χ0) is 13.4. The van der Waals surface area contributed by atoms with Crippen molar-refractivity contribution in [1.29, 1.82) is 0 Å². The minimum Gasteiger partial charge on any atom is -0.374 e. The van der Waals surface area contributed by atoms with E-state index in [4.69, 9.17) is 4.74 Å². The summed E-state index contributed by atoms with van der Waals surface area (Å²) in [5.41, 5.74) is 0. The first-order valence-electron chi connectivity index (χ1n) is 6.12. The zero-order valence-electron chi connectivity index (χ0n) is 11.1. The number of carbonyl (C=O) groups excluding carboxylic acids is 1. The van der Waals surface area contributed by atoms with Gasteiger partial charge < -0.3 is 15.0 Å². The molecule has 0 saturated carbocycles. The van der Waals surface area contributed by atoms with Gasteiger partial charge in [-0.05, 0) is 7.05 Å². The van der Waals surface area contributed by atoms with E-state index in [1.165, 1.54) is 0 Å². The van der Waals surface area contributed by atoms with Gasteiger partial charge in [0.05, 0.1) is 13.2 Å². The number of likely N-dealkylation sites (N-methyl/N-ethyl adjacent to an activating group) is 1. The molecule has 5 nitrogen and oxygen atoms in total. The molecule has 0 bridgehead atoms. The maximum Gasteiger partial charge on any atom is 0.261 e. The van der Waals surface area contributed by atoms with Crippen LogP contribution in [-0.2, 0) is 9.53 Å². The first kappa shape index (κ1) is 18.5. The molecule has 0 aromatic heterocycles. The first-order chi connectivity index (χ1) is 8.59. The van der Waals surface area contributed by atoms with Crippen LogP contribution in [0.2, 0.25) is 0 Å². The molecule has 0 aliphatic carbocycles. The fourth-order valence-electron chi connectivity index (χ4n) is 1.72. The summed E-state index contributed by atoms with van der Waals surface area (Å²) in [6.07, 6.45) is -2.43. The second-order valence-electron chi connectivity index (χ2n) is 4.33. The summed E-state index contributed by atoms with van der Waals surface area (Å²) in [6.45, 7) is 3.57. The van der Waals surface area contributed by atoms with E-state index in [0.29, 0.717) is 13.1 Å². The number of hydrogen-bond acceptors (Lipinski definition) is 4. The molecule has 0 radical (unpaired) electrons. The summed E-state index contributed by atoms with van der Waals surface area (Å²) in [5, 5.41) is 3.18. The van der Waals surface area contributed by atoms with E-state index in [1.54, 1.807) is 11.9 Å². The van der Waals surface area contributed by atoms with Gasteiger partial charge in [-0.15, -0.1) is 12.4 Å². The third-order valence-electron chi connectivity index (χ3n) is 2.74. The SMILES string of the molecule is CN(CCOCC(F)F)CC(=O)N1CCNCC1.Cl. The van der Waals surface area contributed by atoms with Gasteiger partial charge in [-0.3, -0.25) is 9.69 Å².